The topological polar surface area (TPSA) is 100 Å². The summed E-state index contributed by atoms with van der Waals surface area (Å²) in [6.07, 6.45) is 3.09. The molecule has 6 nitrogen and oxygen atoms in total. The highest BCUT2D eigenvalue weighted by molar-refractivity contribution is 5.91. The summed E-state index contributed by atoms with van der Waals surface area (Å²) in [5, 5.41) is 0. The Morgan fingerprint density at radius 3 is 2.91 bits per heavy atom. The highest BCUT2D eigenvalue weighted by Gasteiger charge is 2.13. The third-order valence-corrected chi connectivity index (χ3v) is 3.84. The molecule has 0 bridgehead atoms. The number of anilines is 1. The van der Waals surface area contributed by atoms with E-state index in [1.807, 2.05) is 24.3 Å². The van der Waals surface area contributed by atoms with E-state index in [-0.39, 0.29) is 0 Å². The van der Waals surface area contributed by atoms with Gasteiger partial charge in [-0.15, -0.1) is 0 Å². The van der Waals surface area contributed by atoms with Crippen LogP contribution in [-0.4, -0.2) is 26.2 Å². The molecule has 0 amide bonds. The van der Waals surface area contributed by atoms with Gasteiger partial charge in [-0.25, -0.2) is 9.97 Å². The van der Waals surface area contributed by atoms with Gasteiger partial charge in [-0.05, 0) is 29.3 Å². The van der Waals surface area contributed by atoms with Crippen molar-refractivity contribution in [1.29, 1.82) is 0 Å². The van der Waals surface area contributed by atoms with Crippen LogP contribution in [0.3, 0.4) is 0 Å². The van der Waals surface area contributed by atoms with Gasteiger partial charge >= 0.3 is 0 Å². The molecule has 2 heterocycles. The monoisotopic (exact) mass is 291 g/mol. The number of nitrogen functional groups attached to an aromatic ring is 1. The van der Waals surface area contributed by atoms with Gasteiger partial charge < -0.3 is 15.7 Å². The first kappa shape index (κ1) is 12.6. The Kier molecular flexibility index (Phi) is 2.69. The molecule has 0 unspecified atom stereocenters. The third kappa shape index (κ3) is 1.85. The van der Waals surface area contributed by atoms with Crippen LogP contribution in [0.25, 0.3) is 22.1 Å². The van der Waals surface area contributed by atoms with Gasteiger partial charge in [0.15, 0.2) is 5.95 Å². The summed E-state index contributed by atoms with van der Waals surface area (Å²) in [6.45, 7) is 0. The molecule has 2 aromatic heterocycles. The van der Waals surface area contributed by atoms with Gasteiger partial charge in [0.2, 0.25) is 0 Å². The number of carbonyl (C=O) groups is 1. The van der Waals surface area contributed by atoms with E-state index in [1.165, 1.54) is 0 Å². The smallest absolute Gasteiger partial charge is 0.198 e. The van der Waals surface area contributed by atoms with Crippen molar-refractivity contribution in [1.82, 2.24) is 19.9 Å². The molecule has 4 aromatic rings. The Bertz CT molecular complexity index is 998. The van der Waals surface area contributed by atoms with E-state index < -0.39 is 0 Å². The van der Waals surface area contributed by atoms with E-state index in [4.69, 9.17) is 5.73 Å². The van der Waals surface area contributed by atoms with Gasteiger partial charge in [-0.2, -0.15) is 0 Å². The second-order valence-electron chi connectivity index (χ2n) is 5.16. The van der Waals surface area contributed by atoms with Crippen molar-refractivity contribution in [2.75, 3.05) is 5.73 Å². The largest absolute Gasteiger partial charge is 0.369 e. The summed E-state index contributed by atoms with van der Waals surface area (Å²) in [5.41, 5.74) is 11.7. The number of aromatic nitrogens is 4. The number of carbonyl (C=O) groups excluding carboxylic acids is 1. The number of fused-ring (bicyclic) bond motifs is 2. The minimum absolute atomic E-state index is 0.345. The lowest BCUT2D eigenvalue weighted by molar-refractivity contribution is 0.112. The molecule has 0 fully saturated rings. The maximum absolute atomic E-state index is 11.4. The number of para-hydroxylation sites is 1. The molecule has 2 aromatic carbocycles. The van der Waals surface area contributed by atoms with E-state index in [0.717, 1.165) is 39.5 Å². The lowest BCUT2D eigenvalue weighted by atomic mass is 9.98. The molecule has 22 heavy (non-hydrogen) atoms. The Hall–Kier alpha value is -3.15. The van der Waals surface area contributed by atoms with Crippen LogP contribution in [0, 0.1) is 0 Å². The number of rotatable bonds is 3. The number of nitrogens with two attached hydrogens (primary N) is 1. The molecular formula is C16H13N5O. The molecular weight excluding hydrogens is 278 g/mol. The summed E-state index contributed by atoms with van der Waals surface area (Å²) < 4.78 is 0. The maximum atomic E-state index is 11.4. The highest BCUT2D eigenvalue weighted by Crippen LogP contribution is 2.26. The number of nitrogens with one attached hydrogen (secondary N) is 2. The molecule has 0 saturated heterocycles. The number of imidazole rings is 2. The lowest BCUT2D eigenvalue weighted by Gasteiger charge is -2.07. The van der Waals surface area contributed by atoms with Gasteiger partial charge in [-0.1, -0.05) is 12.1 Å². The average Bonchev–Trinajstić information content (AvgIpc) is 3.13. The number of nitrogens with zero attached hydrogens (tertiary/aromatic N) is 2. The van der Waals surface area contributed by atoms with Crippen molar-refractivity contribution in [3.63, 3.8) is 0 Å². The Morgan fingerprint density at radius 2 is 2.05 bits per heavy atom. The zero-order chi connectivity index (χ0) is 15.1. The molecule has 0 atom stereocenters. The first-order valence-corrected chi connectivity index (χ1v) is 6.89. The van der Waals surface area contributed by atoms with Crippen LogP contribution in [0.1, 0.15) is 21.5 Å². The molecule has 4 rings (SSSR count). The minimum atomic E-state index is 0.345. The fraction of sp³-hybridized carbons (Fsp3) is 0.0625. The summed E-state index contributed by atoms with van der Waals surface area (Å²) in [4.78, 5) is 26.2. The molecule has 0 radical (unpaired) electrons. The predicted molar refractivity (Wildman–Crippen MR) is 84.8 cm³/mol. The highest BCUT2D eigenvalue weighted by atomic mass is 16.1. The fourth-order valence-corrected chi connectivity index (χ4v) is 2.82. The van der Waals surface area contributed by atoms with Crippen LogP contribution in [0.5, 0.6) is 0 Å². The van der Waals surface area contributed by atoms with Crippen molar-refractivity contribution in [3.05, 3.63) is 53.3 Å². The Balaban J connectivity index is 1.93. The Labute approximate surface area is 125 Å². The number of hydrogen-bond acceptors (Lipinski definition) is 4. The van der Waals surface area contributed by atoms with Gasteiger partial charge in [0.25, 0.3) is 0 Å². The van der Waals surface area contributed by atoms with E-state index in [2.05, 4.69) is 19.9 Å². The number of H-pyrrole nitrogens is 2. The van der Waals surface area contributed by atoms with Crippen LogP contribution in [0.2, 0.25) is 0 Å². The predicted octanol–water partition coefficient (Wildman–Crippen LogP) is 2.42. The second-order valence-corrected chi connectivity index (χ2v) is 5.16. The lowest BCUT2D eigenvalue weighted by Crippen LogP contribution is -1.97. The van der Waals surface area contributed by atoms with Crippen LogP contribution < -0.4 is 5.73 Å². The number of hydrogen-bond donors (Lipinski definition) is 3. The molecule has 0 spiro atoms. The number of benzene rings is 2. The van der Waals surface area contributed by atoms with Crippen LogP contribution in [0.4, 0.5) is 5.95 Å². The molecule has 6 heteroatoms. The summed E-state index contributed by atoms with van der Waals surface area (Å²) in [7, 11) is 0. The van der Waals surface area contributed by atoms with Crippen molar-refractivity contribution in [2.45, 2.75) is 6.42 Å². The Morgan fingerprint density at radius 1 is 1.14 bits per heavy atom. The average molecular weight is 291 g/mol. The van der Waals surface area contributed by atoms with Crippen molar-refractivity contribution in [2.24, 2.45) is 0 Å². The molecule has 0 saturated carbocycles. The van der Waals surface area contributed by atoms with Crippen molar-refractivity contribution < 1.29 is 4.79 Å². The molecule has 0 aliphatic heterocycles. The van der Waals surface area contributed by atoms with E-state index in [1.54, 1.807) is 12.4 Å². The summed E-state index contributed by atoms with van der Waals surface area (Å²) in [6, 6.07) is 9.55. The van der Waals surface area contributed by atoms with Gasteiger partial charge in [0, 0.05) is 12.0 Å². The molecule has 0 aliphatic rings. The van der Waals surface area contributed by atoms with Crippen molar-refractivity contribution in [3.8, 4) is 0 Å². The van der Waals surface area contributed by atoms with Gasteiger partial charge in [0.1, 0.15) is 6.29 Å². The van der Waals surface area contributed by atoms with Gasteiger partial charge in [-0.3, -0.25) is 4.79 Å². The maximum Gasteiger partial charge on any atom is 0.198 e. The second kappa shape index (κ2) is 4.70. The number of aromatic amines is 2. The van der Waals surface area contributed by atoms with E-state index in [0.29, 0.717) is 17.9 Å². The minimum Gasteiger partial charge on any atom is -0.369 e. The van der Waals surface area contributed by atoms with Crippen LogP contribution in [-0.2, 0) is 6.42 Å². The van der Waals surface area contributed by atoms with Crippen LogP contribution in [0.15, 0.2) is 36.7 Å². The first-order valence-electron chi connectivity index (χ1n) is 6.89. The zero-order valence-electron chi connectivity index (χ0n) is 11.6. The molecule has 108 valence electrons. The molecule has 4 N–H and O–H groups in total. The summed E-state index contributed by atoms with van der Waals surface area (Å²) in [5.74, 6) is 0.345. The first-order chi connectivity index (χ1) is 10.8. The summed E-state index contributed by atoms with van der Waals surface area (Å²) >= 11 is 0. The van der Waals surface area contributed by atoms with E-state index >= 15 is 0 Å². The quantitative estimate of drug-likeness (QED) is 0.505. The standard InChI is InChI=1S/C16H13N5O/c17-16-20-13-5-4-10(7-22)11(15(13)21-16)6-9-2-1-3-12-14(9)19-8-18-12/h1-5,7-8H,6H2,(H,18,19)(H3,17,20,21). The number of aldehydes is 1. The zero-order valence-corrected chi connectivity index (χ0v) is 11.6. The van der Waals surface area contributed by atoms with E-state index in [9.17, 15) is 4.79 Å². The van der Waals surface area contributed by atoms with Crippen molar-refractivity contribution >= 4 is 34.3 Å². The van der Waals surface area contributed by atoms with Crippen LogP contribution >= 0.6 is 0 Å². The third-order valence-electron chi connectivity index (χ3n) is 3.84. The van der Waals surface area contributed by atoms with Gasteiger partial charge in [0.05, 0.1) is 28.4 Å². The SMILES string of the molecule is Nc1nc2c(Cc3cccc4[nH]cnc34)c(C=O)ccc2[nH]1. The fourth-order valence-electron chi connectivity index (χ4n) is 2.82. The normalized spacial score (nSPS) is 11.3. The molecule has 0 aliphatic carbocycles.